The Morgan fingerprint density at radius 2 is 1.79 bits per heavy atom. The van der Waals surface area contributed by atoms with Gasteiger partial charge in [0.1, 0.15) is 16.5 Å². The van der Waals surface area contributed by atoms with Gasteiger partial charge in [-0.2, -0.15) is 4.98 Å². The van der Waals surface area contributed by atoms with E-state index in [1.54, 1.807) is 44.8 Å². The van der Waals surface area contributed by atoms with E-state index in [0.717, 1.165) is 35.8 Å². The zero-order valence-corrected chi connectivity index (χ0v) is 24.6. The Labute approximate surface area is 254 Å². The molecule has 1 fully saturated rings. The van der Waals surface area contributed by atoms with E-state index in [4.69, 9.17) is 25.8 Å². The van der Waals surface area contributed by atoms with Gasteiger partial charge in [0.05, 0.1) is 45.0 Å². The zero-order chi connectivity index (χ0) is 30.0. The van der Waals surface area contributed by atoms with Gasteiger partial charge in [-0.25, -0.2) is 9.78 Å². The maximum absolute atomic E-state index is 12.4. The van der Waals surface area contributed by atoms with Crippen molar-refractivity contribution in [3.63, 3.8) is 0 Å². The third-order valence-electron chi connectivity index (χ3n) is 6.67. The molecular formula is C30H33ClN8O4. The van der Waals surface area contributed by atoms with Crippen LogP contribution in [0.15, 0.2) is 67.1 Å². The minimum absolute atomic E-state index is 0.302. The van der Waals surface area contributed by atoms with E-state index in [1.165, 1.54) is 6.20 Å². The lowest BCUT2D eigenvalue weighted by Gasteiger charge is -2.30. The Bertz CT molecular complexity index is 1540. The number of benzene rings is 2. The van der Waals surface area contributed by atoms with Gasteiger partial charge in [0.2, 0.25) is 5.95 Å². The predicted octanol–water partition coefficient (Wildman–Crippen LogP) is 5.23. The quantitative estimate of drug-likeness (QED) is 0.180. The molecule has 0 bridgehead atoms. The lowest BCUT2D eigenvalue weighted by Crippen LogP contribution is -2.36. The summed E-state index contributed by atoms with van der Waals surface area (Å²) < 4.78 is 16.7. The Kier molecular flexibility index (Phi) is 9.93. The lowest BCUT2D eigenvalue weighted by molar-refractivity contribution is 0.122. The maximum atomic E-state index is 12.4. The average Bonchev–Trinajstić information content (AvgIpc) is 3.04. The smallest absolute Gasteiger partial charge is 0.319 e. The minimum Gasteiger partial charge on any atom is -0.495 e. The van der Waals surface area contributed by atoms with E-state index in [1.807, 2.05) is 30.3 Å². The number of hydrogen-bond acceptors (Lipinski definition) is 10. The van der Waals surface area contributed by atoms with Crippen molar-refractivity contribution in [1.82, 2.24) is 20.3 Å². The van der Waals surface area contributed by atoms with Crippen molar-refractivity contribution in [2.75, 3.05) is 67.9 Å². The molecule has 12 nitrogen and oxygen atoms in total. The standard InChI is InChI=1S/C30H33ClN8O4/c1-41-26-16-22(36-30(40)33-11-9-20-4-3-10-32-18-20)5-7-24(26)37-29-34-19-23(31)28(38-29)35-21-6-8-25(27(17-21)42-2)39-12-14-43-15-13-39/h3-8,10,16-19H,9,11-15H2,1-2H3,(H2,33,36,40)(H2,34,35,37,38). The SMILES string of the molecule is COc1cc(NC(=O)NCCc2cccnc2)ccc1Nc1ncc(Cl)c(Nc2ccc(N3CCOCC3)c(OC)c2)n1. The number of carbonyl (C=O) groups excluding carboxylic acids is 1. The number of halogens is 1. The summed E-state index contributed by atoms with van der Waals surface area (Å²) in [6.45, 7) is 3.45. The highest BCUT2D eigenvalue weighted by atomic mass is 35.5. The van der Waals surface area contributed by atoms with Crippen LogP contribution in [0.4, 0.5) is 39.3 Å². The number of hydrogen-bond donors (Lipinski definition) is 4. The van der Waals surface area contributed by atoms with Crippen molar-refractivity contribution in [2.24, 2.45) is 0 Å². The first kappa shape index (κ1) is 29.7. The average molecular weight is 605 g/mol. The Morgan fingerprint density at radius 3 is 2.56 bits per heavy atom. The summed E-state index contributed by atoms with van der Waals surface area (Å²) in [5.74, 6) is 1.94. The van der Waals surface area contributed by atoms with Gasteiger partial charge in [-0.3, -0.25) is 4.98 Å². The molecule has 0 atom stereocenters. The number of urea groups is 1. The highest BCUT2D eigenvalue weighted by Crippen LogP contribution is 2.35. The molecule has 2 aromatic carbocycles. The molecule has 0 unspecified atom stereocenters. The van der Waals surface area contributed by atoms with Crippen LogP contribution >= 0.6 is 11.6 Å². The van der Waals surface area contributed by atoms with Crippen LogP contribution < -0.4 is 35.6 Å². The van der Waals surface area contributed by atoms with E-state index in [0.29, 0.717) is 60.1 Å². The normalized spacial score (nSPS) is 12.8. The molecule has 4 N–H and O–H groups in total. The predicted molar refractivity (Wildman–Crippen MR) is 168 cm³/mol. The number of nitrogens with zero attached hydrogens (tertiary/aromatic N) is 4. The van der Waals surface area contributed by atoms with Gasteiger partial charge in [0.25, 0.3) is 0 Å². The van der Waals surface area contributed by atoms with E-state index in [2.05, 4.69) is 41.1 Å². The molecule has 13 heteroatoms. The van der Waals surface area contributed by atoms with Crippen LogP contribution in [0.5, 0.6) is 11.5 Å². The molecule has 224 valence electrons. The van der Waals surface area contributed by atoms with Gasteiger partial charge < -0.3 is 40.4 Å². The molecule has 0 saturated carbocycles. The third kappa shape index (κ3) is 7.93. The number of amides is 2. The number of anilines is 6. The molecule has 2 amide bonds. The number of carbonyl (C=O) groups is 1. The molecular weight excluding hydrogens is 572 g/mol. The summed E-state index contributed by atoms with van der Waals surface area (Å²) in [5.41, 5.74) is 3.97. The van der Waals surface area contributed by atoms with Crippen LogP contribution in [0.25, 0.3) is 0 Å². The van der Waals surface area contributed by atoms with Gasteiger partial charge in [0, 0.05) is 55.5 Å². The van der Waals surface area contributed by atoms with Crippen molar-refractivity contribution in [2.45, 2.75) is 6.42 Å². The summed E-state index contributed by atoms with van der Waals surface area (Å²) in [7, 11) is 3.19. The second-order valence-corrected chi connectivity index (χ2v) is 9.94. The summed E-state index contributed by atoms with van der Waals surface area (Å²) >= 11 is 6.43. The van der Waals surface area contributed by atoms with Crippen molar-refractivity contribution < 1.29 is 19.0 Å². The van der Waals surface area contributed by atoms with Gasteiger partial charge in [0.15, 0.2) is 5.82 Å². The first-order valence-electron chi connectivity index (χ1n) is 13.7. The van der Waals surface area contributed by atoms with Crippen molar-refractivity contribution in [3.8, 4) is 11.5 Å². The number of ether oxygens (including phenoxy) is 3. The number of rotatable bonds is 11. The molecule has 43 heavy (non-hydrogen) atoms. The molecule has 3 heterocycles. The first-order chi connectivity index (χ1) is 21.0. The van der Waals surface area contributed by atoms with Crippen LogP contribution in [0.2, 0.25) is 5.02 Å². The Hall–Kier alpha value is -4.81. The van der Waals surface area contributed by atoms with Gasteiger partial charge >= 0.3 is 6.03 Å². The molecule has 1 aliphatic rings. The van der Waals surface area contributed by atoms with Crippen LogP contribution in [0, 0.1) is 0 Å². The highest BCUT2D eigenvalue weighted by molar-refractivity contribution is 6.32. The second kappa shape index (κ2) is 14.4. The van der Waals surface area contributed by atoms with E-state index < -0.39 is 0 Å². The van der Waals surface area contributed by atoms with Crippen molar-refractivity contribution in [1.29, 1.82) is 0 Å². The molecule has 5 rings (SSSR count). The molecule has 0 spiro atoms. The van der Waals surface area contributed by atoms with Crippen LogP contribution in [0.1, 0.15) is 5.56 Å². The number of pyridine rings is 1. The molecule has 2 aromatic heterocycles. The summed E-state index contributed by atoms with van der Waals surface area (Å²) in [6, 6.07) is 14.6. The number of methoxy groups -OCH3 is 2. The monoisotopic (exact) mass is 604 g/mol. The minimum atomic E-state index is -0.321. The zero-order valence-electron chi connectivity index (χ0n) is 23.9. The highest BCUT2D eigenvalue weighted by Gasteiger charge is 2.17. The molecule has 0 radical (unpaired) electrons. The van der Waals surface area contributed by atoms with E-state index in [9.17, 15) is 4.79 Å². The fraction of sp³-hybridized carbons (Fsp3) is 0.267. The fourth-order valence-electron chi connectivity index (χ4n) is 4.51. The number of aromatic nitrogens is 3. The van der Waals surface area contributed by atoms with E-state index in [-0.39, 0.29) is 6.03 Å². The summed E-state index contributed by atoms with van der Waals surface area (Å²) in [5, 5.41) is 12.4. The fourth-order valence-corrected chi connectivity index (χ4v) is 4.65. The topological polar surface area (TPSA) is 135 Å². The Balaban J connectivity index is 1.23. The lowest BCUT2D eigenvalue weighted by atomic mass is 10.2. The number of nitrogens with one attached hydrogen (secondary N) is 4. The maximum Gasteiger partial charge on any atom is 0.319 e. The Morgan fingerprint density at radius 1 is 1.00 bits per heavy atom. The third-order valence-corrected chi connectivity index (χ3v) is 6.94. The van der Waals surface area contributed by atoms with Crippen molar-refractivity contribution >= 4 is 52.1 Å². The number of morpholine rings is 1. The van der Waals surface area contributed by atoms with Gasteiger partial charge in [-0.15, -0.1) is 0 Å². The van der Waals surface area contributed by atoms with Crippen molar-refractivity contribution in [3.05, 3.63) is 77.7 Å². The molecule has 4 aromatic rings. The largest absolute Gasteiger partial charge is 0.495 e. The van der Waals surface area contributed by atoms with Gasteiger partial charge in [-0.1, -0.05) is 17.7 Å². The van der Waals surface area contributed by atoms with E-state index >= 15 is 0 Å². The summed E-state index contributed by atoms with van der Waals surface area (Å²) in [6.07, 6.45) is 5.69. The van der Waals surface area contributed by atoms with Crippen LogP contribution in [-0.2, 0) is 11.2 Å². The van der Waals surface area contributed by atoms with Crippen LogP contribution in [0.3, 0.4) is 0 Å². The molecule has 1 saturated heterocycles. The molecule has 0 aliphatic carbocycles. The first-order valence-corrected chi connectivity index (χ1v) is 14.1. The second-order valence-electron chi connectivity index (χ2n) is 9.53. The van der Waals surface area contributed by atoms with Crippen LogP contribution in [-0.4, -0.2) is 68.1 Å². The van der Waals surface area contributed by atoms with Gasteiger partial charge in [-0.05, 0) is 42.3 Å². The molecule has 1 aliphatic heterocycles. The summed E-state index contributed by atoms with van der Waals surface area (Å²) in [4.78, 5) is 27.6.